The largest absolute Gasteiger partial charge is 0.484 e. The fourth-order valence-corrected chi connectivity index (χ4v) is 2.83. The van der Waals surface area contributed by atoms with Gasteiger partial charge in [0.2, 0.25) is 5.78 Å². The second-order valence-electron chi connectivity index (χ2n) is 5.57. The topological polar surface area (TPSA) is 40.5 Å². The van der Waals surface area contributed by atoms with Gasteiger partial charge in [-0.05, 0) is 44.5 Å². The number of carbonyl (C=O) groups is 1. The molecule has 2 aromatic rings. The third-order valence-corrected chi connectivity index (χ3v) is 4.15. The van der Waals surface area contributed by atoms with Gasteiger partial charge in [-0.3, -0.25) is 4.79 Å². The smallest absolute Gasteiger partial charge is 0.202 e. The summed E-state index contributed by atoms with van der Waals surface area (Å²) in [4.78, 5) is 12.4. The van der Waals surface area contributed by atoms with Gasteiger partial charge in [-0.15, -0.1) is 0 Å². The van der Waals surface area contributed by atoms with E-state index in [9.17, 15) is 9.18 Å². The van der Waals surface area contributed by atoms with E-state index in [1.165, 1.54) is 12.1 Å². The van der Waals surface area contributed by atoms with Gasteiger partial charge < -0.3 is 14.0 Å². The van der Waals surface area contributed by atoms with Crippen molar-refractivity contribution in [2.24, 2.45) is 0 Å². The molecular weight excluding hydrogens is 333 g/mol. The average molecular weight is 354 g/mol. The van der Waals surface area contributed by atoms with Crippen LogP contribution in [0.15, 0.2) is 24.3 Å². The van der Waals surface area contributed by atoms with Gasteiger partial charge in [-0.1, -0.05) is 11.6 Å². The highest BCUT2D eigenvalue weighted by Gasteiger charge is 2.16. The fourth-order valence-electron chi connectivity index (χ4n) is 2.61. The molecule has 1 aromatic carbocycles. The van der Waals surface area contributed by atoms with Crippen LogP contribution < -0.4 is 4.74 Å². The number of Topliss-reactive ketones (excluding diaryl/α,β-unsaturated/α-hetero) is 1. The van der Waals surface area contributed by atoms with E-state index in [0.717, 1.165) is 30.4 Å². The number of hydrogen-bond acceptors (Lipinski definition) is 3. The minimum atomic E-state index is -0.446. The molecule has 0 saturated heterocycles. The second kappa shape index (κ2) is 8.31. The Hall–Kier alpha value is -1.85. The molecule has 1 aromatic heterocycles. The van der Waals surface area contributed by atoms with Crippen LogP contribution in [0.5, 0.6) is 5.75 Å². The van der Waals surface area contributed by atoms with Crippen molar-refractivity contribution >= 4 is 17.4 Å². The lowest BCUT2D eigenvalue weighted by molar-refractivity contribution is 0.0921. The third-order valence-electron chi connectivity index (χ3n) is 3.86. The van der Waals surface area contributed by atoms with Gasteiger partial charge in [0.15, 0.2) is 6.61 Å². The molecule has 0 fully saturated rings. The van der Waals surface area contributed by atoms with Crippen LogP contribution in [0.2, 0.25) is 5.02 Å². The molecule has 0 spiro atoms. The first-order valence-electron chi connectivity index (χ1n) is 7.70. The summed E-state index contributed by atoms with van der Waals surface area (Å²) in [5.74, 6) is -0.292. The quantitative estimate of drug-likeness (QED) is 0.527. The molecule has 0 aliphatic heterocycles. The molecule has 0 unspecified atom stereocenters. The SMILES string of the molecule is COCCCn1c(C)cc(C(=O)COc2ccc(F)cc2Cl)c1C. The van der Waals surface area contributed by atoms with Crippen LogP contribution in [-0.4, -0.2) is 30.7 Å². The van der Waals surface area contributed by atoms with Crippen LogP contribution in [0.4, 0.5) is 4.39 Å². The Morgan fingerprint density at radius 1 is 1.29 bits per heavy atom. The maximum Gasteiger partial charge on any atom is 0.202 e. The molecule has 0 aliphatic rings. The first kappa shape index (κ1) is 18.5. The highest BCUT2D eigenvalue weighted by molar-refractivity contribution is 6.32. The lowest BCUT2D eigenvalue weighted by atomic mass is 10.1. The molecule has 0 bridgehead atoms. The summed E-state index contributed by atoms with van der Waals surface area (Å²) < 4.78 is 25.6. The number of aromatic nitrogens is 1. The highest BCUT2D eigenvalue weighted by Crippen LogP contribution is 2.25. The predicted molar refractivity (Wildman–Crippen MR) is 91.6 cm³/mol. The molecule has 0 amide bonds. The van der Waals surface area contributed by atoms with Crippen molar-refractivity contribution in [3.05, 3.63) is 52.1 Å². The molecule has 0 radical (unpaired) electrons. The Kier molecular flexibility index (Phi) is 6.40. The minimum Gasteiger partial charge on any atom is -0.484 e. The van der Waals surface area contributed by atoms with Gasteiger partial charge in [0.25, 0.3) is 0 Å². The summed E-state index contributed by atoms with van der Waals surface area (Å²) in [6, 6.07) is 5.68. The summed E-state index contributed by atoms with van der Waals surface area (Å²) >= 11 is 5.90. The monoisotopic (exact) mass is 353 g/mol. The lowest BCUT2D eigenvalue weighted by Gasteiger charge is -2.10. The van der Waals surface area contributed by atoms with Crippen molar-refractivity contribution in [1.82, 2.24) is 4.57 Å². The van der Waals surface area contributed by atoms with E-state index in [1.807, 2.05) is 19.9 Å². The molecule has 0 atom stereocenters. The molecule has 0 N–H and O–H groups in total. The van der Waals surface area contributed by atoms with Crippen LogP contribution in [0.3, 0.4) is 0 Å². The zero-order valence-electron chi connectivity index (χ0n) is 14.1. The Morgan fingerprint density at radius 3 is 2.71 bits per heavy atom. The molecule has 1 heterocycles. The number of nitrogens with zero attached hydrogens (tertiary/aromatic N) is 1. The number of benzene rings is 1. The molecule has 0 saturated carbocycles. The Balaban J connectivity index is 2.05. The van der Waals surface area contributed by atoms with Crippen LogP contribution in [0.25, 0.3) is 0 Å². The van der Waals surface area contributed by atoms with Crippen LogP contribution in [-0.2, 0) is 11.3 Å². The van der Waals surface area contributed by atoms with Gasteiger partial charge >= 0.3 is 0 Å². The minimum absolute atomic E-state index is 0.138. The molecule has 4 nitrogen and oxygen atoms in total. The van der Waals surface area contributed by atoms with Crippen molar-refractivity contribution in [2.45, 2.75) is 26.8 Å². The van der Waals surface area contributed by atoms with Crippen molar-refractivity contribution in [2.75, 3.05) is 20.3 Å². The number of ketones is 1. The number of methoxy groups -OCH3 is 1. The molecule has 0 aliphatic carbocycles. The van der Waals surface area contributed by atoms with Crippen molar-refractivity contribution in [3.63, 3.8) is 0 Å². The number of ether oxygens (including phenoxy) is 2. The molecule has 2 rings (SSSR count). The molecule has 6 heteroatoms. The molecular formula is C18H21ClFNO3. The zero-order valence-corrected chi connectivity index (χ0v) is 14.8. The number of rotatable bonds is 8. The standard InChI is InChI=1S/C18H21ClFNO3/c1-12-9-15(13(2)21(12)7-4-8-23-3)17(22)11-24-18-6-5-14(20)10-16(18)19/h5-6,9-10H,4,7-8,11H2,1-3H3. The van der Waals surface area contributed by atoms with E-state index >= 15 is 0 Å². The first-order chi connectivity index (χ1) is 11.4. The summed E-state index contributed by atoms with van der Waals surface area (Å²) in [5.41, 5.74) is 2.55. The van der Waals surface area contributed by atoms with Gasteiger partial charge in [-0.2, -0.15) is 0 Å². The van der Waals surface area contributed by atoms with E-state index in [1.54, 1.807) is 7.11 Å². The Morgan fingerprint density at radius 2 is 2.04 bits per heavy atom. The van der Waals surface area contributed by atoms with Crippen molar-refractivity contribution < 1.29 is 18.7 Å². The second-order valence-corrected chi connectivity index (χ2v) is 5.98. The number of carbonyl (C=O) groups excluding carboxylic acids is 1. The summed E-state index contributed by atoms with van der Waals surface area (Å²) in [6.07, 6.45) is 0.877. The van der Waals surface area contributed by atoms with Crippen LogP contribution in [0.1, 0.15) is 28.2 Å². The summed E-state index contributed by atoms with van der Waals surface area (Å²) in [6.45, 7) is 5.20. The molecule has 24 heavy (non-hydrogen) atoms. The van der Waals surface area contributed by atoms with Gasteiger partial charge in [0.05, 0.1) is 5.02 Å². The van der Waals surface area contributed by atoms with Crippen LogP contribution in [0, 0.1) is 19.7 Å². The van der Waals surface area contributed by atoms with E-state index < -0.39 is 5.82 Å². The fraction of sp³-hybridized carbons (Fsp3) is 0.389. The number of aryl methyl sites for hydroxylation is 1. The van der Waals surface area contributed by atoms with E-state index in [2.05, 4.69) is 4.57 Å². The van der Waals surface area contributed by atoms with Crippen LogP contribution >= 0.6 is 11.6 Å². The third kappa shape index (κ3) is 4.36. The maximum atomic E-state index is 13.0. The van der Waals surface area contributed by atoms with Crippen molar-refractivity contribution in [1.29, 1.82) is 0 Å². The number of hydrogen-bond donors (Lipinski definition) is 0. The first-order valence-corrected chi connectivity index (χ1v) is 8.08. The predicted octanol–water partition coefficient (Wildman–Crippen LogP) is 4.20. The van der Waals surface area contributed by atoms with Crippen molar-refractivity contribution in [3.8, 4) is 5.75 Å². The van der Waals surface area contributed by atoms with Gasteiger partial charge in [-0.25, -0.2) is 4.39 Å². The maximum absolute atomic E-state index is 13.0. The summed E-state index contributed by atoms with van der Waals surface area (Å²) in [5, 5.41) is 0.146. The molecule has 130 valence electrons. The average Bonchev–Trinajstić information content (AvgIpc) is 2.82. The summed E-state index contributed by atoms with van der Waals surface area (Å²) in [7, 11) is 1.67. The Bertz CT molecular complexity index is 727. The zero-order chi connectivity index (χ0) is 17.7. The number of halogens is 2. The van der Waals surface area contributed by atoms with Gasteiger partial charge in [0.1, 0.15) is 11.6 Å². The van der Waals surface area contributed by atoms with E-state index in [0.29, 0.717) is 17.9 Å². The van der Waals surface area contributed by atoms with E-state index in [4.69, 9.17) is 21.1 Å². The Labute approximate surface area is 146 Å². The highest BCUT2D eigenvalue weighted by atomic mass is 35.5. The normalized spacial score (nSPS) is 10.9. The van der Waals surface area contributed by atoms with E-state index in [-0.39, 0.29) is 17.4 Å². The van der Waals surface area contributed by atoms with Gasteiger partial charge in [0, 0.05) is 37.2 Å². The lowest BCUT2D eigenvalue weighted by Crippen LogP contribution is -2.13.